The lowest BCUT2D eigenvalue weighted by atomic mass is 10.3. The predicted molar refractivity (Wildman–Crippen MR) is 84.1 cm³/mol. The van der Waals surface area contributed by atoms with E-state index in [1.165, 1.54) is 23.1 Å². The van der Waals surface area contributed by atoms with E-state index in [9.17, 15) is 22.4 Å². The number of alkyl halides is 3. The molecule has 0 atom stereocenters. The van der Waals surface area contributed by atoms with Gasteiger partial charge in [-0.05, 0) is 12.1 Å². The molecule has 2 aromatic rings. The van der Waals surface area contributed by atoms with Gasteiger partial charge in [-0.25, -0.2) is 9.18 Å². The highest BCUT2D eigenvalue weighted by molar-refractivity contribution is 7.15. The number of amides is 2. The number of anilines is 2. The summed E-state index contributed by atoms with van der Waals surface area (Å²) in [5, 5.41) is 8.36. The van der Waals surface area contributed by atoms with E-state index < -0.39 is 23.0 Å². The second-order valence-corrected chi connectivity index (χ2v) is 6.23. The molecule has 1 fully saturated rings. The fourth-order valence-electron chi connectivity index (χ4n) is 2.32. The zero-order valence-electron chi connectivity index (χ0n) is 12.8. The van der Waals surface area contributed by atoms with E-state index in [2.05, 4.69) is 15.5 Å². The van der Waals surface area contributed by atoms with Crippen LogP contribution in [0.2, 0.25) is 0 Å². The van der Waals surface area contributed by atoms with Gasteiger partial charge in [0.1, 0.15) is 5.82 Å². The Morgan fingerprint density at radius 2 is 1.80 bits per heavy atom. The summed E-state index contributed by atoms with van der Waals surface area (Å²) in [6.07, 6.45) is -4.52. The van der Waals surface area contributed by atoms with Crippen LogP contribution in [0, 0.1) is 5.82 Å². The second kappa shape index (κ2) is 6.82. The quantitative estimate of drug-likeness (QED) is 0.820. The standard InChI is InChI=1S/C14H13F4N5OS/c15-9-3-1-2-4-10(9)19-12(24)22-5-7-23(8-6-22)13-21-20-11(25-13)14(16,17)18/h1-4H,5-8H2,(H,19,24). The number of benzene rings is 1. The average molecular weight is 375 g/mol. The van der Waals surface area contributed by atoms with Crippen molar-refractivity contribution in [3.63, 3.8) is 0 Å². The Hall–Kier alpha value is -2.43. The molecule has 0 aliphatic carbocycles. The summed E-state index contributed by atoms with van der Waals surface area (Å²) in [5.74, 6) is -0.539. The molecule has 1 N–H and O–H groups in total. The number of carbonyl (C=O) groups is 1. The fraction of sp³-hybridized carbons (Fsp3) is 0.357. The van der Waals surface area contributed by atoms with Crippen LogP contribution in [0.3, 0.4) is 0 Å². The maximum atomic E-state index is 13.6. The lowest BCUT2D eigenvalue weighted by Crippen LogP contribution is -2.50. The molecule has 1 aromatic carbocycles. The summed E-state index contributed by atoms with van der Waals surface area (Å²) in [6, 6.07) is 5.34. The summed E-state index contributed by atoms with van der Waals surface area (Å²) in [6.45, 7) is 1.19. The van der Waals surface area contributed by atoms with Crippen LogP contribution in [0.5, 0.6) is 0 Å². The van der Waals surface area contributed by atoms with Crippen molar-refractivity contribution in [2.45, 2.75) is 6.18 Å². The molecular weight excluding hydrogens is 362 g/mol. The first kappa shape index (κ1) is 17.4. The first-order chi connectivity index (χ1) is 11.8. The monoisotopic (exact) mass is 375 g/mol. The Balaban J connectivity index is 1.57. The summed E-state index contributed by atoms with van der Waals surface area (Å²) >= 11 is 0.471. The van der Waals surface area contributed by atoms with E-state index in [0.29, 0.717) is 24.4 Å². The van der Waals surface area contributed by atoms with E-state index in [-0.39, 0.29) is 23.9 Å². The smallest absolute Gasteiger partial charge is 0.343 e. The van der Waals surface area contributed by atoms with Crippen molar-refractivity contribution in [1.29, 1.82) is 0 Å². The van der Waals surface area contributed by atoms with E-state index in [1.54, 1.807) is 11.0 Å². The lowest BCUT2D eigenvalue weighted by molar-refractivity contribution is -0.138. The van der Waals surface area contributed by atoms with Crippen LogP contribution >= 0.6 is 11.3 Å². The van der Waals surface area contributed by atoms with Gasteiger partial charge in [0, 0.05) is 26.2 Å². The number of nitrogens with one attached hydrogen (secondary N) is 1. The van der Waals surface area contributed by atoms with Crippen molar-refractivity contribution in [3.8, 4) is 0 Å². The number of urea groups is 1. The summed E-state index contributed by atoms with van der Waals surface area (Å²) < 4.78 is 51.3. The molecule has 3 rings (SSSR count). The number of carbonyl (C=O) groups excluding carboxylic acids is 1. The maximum absolute atomic E-state index is 13.6. The Labute approximate surface area is 144 Å². The van der Waals surface area contributed by atoms with E-state index in [1.807, 2.05) is 0 Å². The molecule has 134 valence electrons. The molecule has 1 aromatic heterocycles. The first-order valence-electron chi connectivity index (χ1n) is 7.30. The molecule has 1 aliphatic heterocycles. The molecule has 1 aliphatic rings. The molecule has 0 bridgehead atoms. The van der Waals surface area contributed by atoms with Crippen molar-refractivity contribution in [3.05, 3.63) is 35.1 Å². The fourth-order valence-corrected chi connectivity index (χ4v) is 3.08. The van der Waals surface area contributed by atoms with Gasteiger partial charge in [-0.1, -0.05) is 23.5 Å². The molecule has 0 saturated carbocycles. The average Bonchev–Trinajstić information content (AvgIpc) is 3.07. The molecule has 2 heterocycles. The SMILES string of the molecule is O=C(Nc1ccccc1F)N1CCN(c2nnc(C(F)(F)F)s2)CC1. The Bertz CT molecular complexity index is 758. The summed E-state index contributed by atoms with van der Waals surface area (Å²) in [7, 11) is 0. The maximum Gasteiger partial charge on any atom is 0.445 e. The zero-order chi connectivity index (χ0) is 18.0. The third kappa shape index (κ3) is 3.98. The third-order valence-electron chi connectivity index (χ3n) is 3.61. The highest BCUT2D eigenvalue weighted by atomic mass is 32.1. The van der Waals surface area contributed by atoms with Crippen molar-refractivity contribution >= 4 is 28.2 Å². The number of nitrogens with zero attached hydrogens (tertiary/aromatic N) is 4. The highest BCUT2D eigenvalue weighted by Gasteiger charge is 2.36. The van der Waals surface area contributed by atoms with E-state index >= 15 is 0 Å². The van der Waals surface area contributed by atoms with Crippen LogP contribution in [0.1, 0.15) is 5.01 Å². The van der Waals surface area contributed by atoms with E-state index in [0.717, 1.165) is 0 Å². The Morgan fingerprint density at radius 1 is 1.12 bits per heavy atom. The van der Waals surface area contributed by atoms with Crippen LogP contribution in [0.4, 0.5) is 33.2 Å². The minimum absolute atomic E-state index is 0.0777. The molecular formula is C14H13F4N5OS. The van der Waals surface area contributed by atoms with Gasteiger partial charge in [-0.15, -0.1) is 10.2 Å². The minimum Gasteiger partial charge on any atom is -0.343 e. The molecule has 1 saturated heterocycles. The largest absolute Gasteiger partial charge is 0.445 e. The van der Waals surface area contributed by atoms with Crippen LogP contribution in [0.15, 0.2) is 24.3 Å². The second-order valence-electron chi connectivity index (χ2n) is 5.27. The van der Waals surface area contributed by atoms with Crippen molar-refractivity contribution in [2.75, 3.05) is 36.4 Å². The molecule has 25 heavy (non-hydrogen) atoms. The van der Waals surface area contributed by atoms with E-state index in [4.69, 9.17) is 0 Å². The molecule has 2 amide bonds. The summed E-state index contributed by atoms with van der Waals surface area (Å²) in [4.78, 5) is 15.3. The van der Waals surface area contributed by atoms with Crippen LogP contribution in [-0.4, -0.2) is 47.3 Å². The lowest BCUT2D eigenvalue weighted by Gasteiger charge is -2.34. The van der Waals surface area contributed by atoms with Crippen LogP contribution < -0.4 is 10.2 Å². The molecule has 0 radical (unpaired) electrons. The topological polar surface area (TPSA) is 61.4 Å². The van der Waals surface area contributed by atoms with Gasteiger partial charge in [-0.2, -0.15) is 13.2 Å². The van der Waals surface area contributed by atoms with Crippen molar-refractivity contribution < 1.29 is 22.4 Å². The van der Waals surface area contributed by atoms with Gasteiger partial charge < -0.3 is 15.1 Å². The van der Waals surface area contributed by atoms with Crippen LogP contribution in [0.25, 0.3) is 0 Å². The third-order valence-corrected chi connectivity index (χ3v) is 4.64. The minimum atomic E-state index is -4.52. The first-order valence-corrected chi connectivity index (χ1v) is 8.12. The van der Waals surface area contributed by atoms with Crippen molar-refractivity contribution in [2.24, 2.45) is 0 Å². The van der Waals surface area contributed by atoms with Gasteiger partial charge in [0.25, 0.3) is 0 Å². The number of hydrogen-bond donors (Lipinski definition) is 1. The van der Waals surface area contributed by atoms with Gasteiger partial charge in [0.15, 0.2) is 0 Å². The van der Waals surface area contributed by atoms with Gasteiger partial charge in [0.2, 0.25) is 10.1 Å². The molecule has 0 unspecified atom stereocenters. The predicted octanol–water partition coefficient (Wildman–Crippen LogP) is 3.05. The number of halogens is 4. The zero-order valence-corrected chi connectivity index (χ0v) is 13.6. The number of aromatic nitrogens is 2. The normalized spacial score (nSPS) is 15.4. The Kier molecular flexibility index (Phi) is 4.75. The highest BCUT2D eigenvalue weighted by Crippen LogP contribution is 2.34. The number of hydrogen-bond acceptors (Lipinski definition) is 5. The number of para-hydroxylation sites is 1. The summed E-state index contributed by atoms with van der Waals surface area (Å²) in [5.41, 5.74) is 0.0777. The number of piperazine rings is 1. The molecule has 6 nitrogen and oxygen atoms in total. The Morgan fingerprint density at radius 3 is 2.40 bits per heavy atom. The van der Waals surface area contributed by atoms with Gasteiger partial charge in [0.05, 0.1) is 5.69 Å². The molecule has 11 heteroatoms. The number of rotatable bonds is 2. The van der Waals surface area contributed by atoms with Gasteiger partial charge in [-0.3, -0.25) is 0 Å². The van der Waals surface area contributed by atoms with Crippen molar-refractivity contribution in [1.82, 2.24) is 15.1 Å². The molecule has 0 spiro atoms. The van der Waals surface area contributed by atoms with Gasteiger partial charge >= 0.3 is 12.2 Å². The van der Waals surface area contributed by atoms with Crippen LogP contribution in [-0.2, 0) is 6.18 Å².